The van der Waals surface area contributed by atoms with E-state index >= 15 is 0 Å². The van der Waals surface area contributed by atoms with E-state index in [1.54, 1.807) is 0 Å². The van der Waals surface area contributed by atoms with Crippen molar-refractivity contribution >= 4 is 11.6 Å². The Labute approximate surface area is 116 Å². The number of hydrogen-bond acceptors (Lipinski definition) is 4. The lowest BCUT2D eigenvalue weighted by atomic mass is 9.98. The van der Waals surface area contributed by atoms with E-state index < -0.39 is 0 Å². The van der Waals surface area contributed by atoms with Gasteiger partial charge in [-0.25, -0.2) is 4.98 Å². The fourth-order valence-corrected chi connectivity index (χ4v) is 2.77. The summed E-state index contributed by atoms with van der Waals surface area (Å²) in [5, 5.41) is 3.32. The second-order valence-corrected chi connectivity index (χ2v) is 5.32. The summed E-state index contributed by atoms with van der Waals surface area (Å²) in [6.07, 6.45) is 11.2. The average Bonchev–Trinajstić information content (AvgIpc) is 2.46. The molecule has 1 fully saturated rings. The number of hydrogen-bond donors (Lipinski definition) is 1. The van der Waals surface area contributed by atoms with Crippen LogP contribution < -0.4 is 10.2 Å². The Balaban J connectivity index is 2.09. The van der Waals surface area contributed by atoms with Gasteiger partial charge in [0.2, 0.25) is 0 Å². The molecule has 1 aromatic heterocycles. The topological polar surface area (TPSA) is 41.1 Å². The SMILES string of the molecule is CCCNc1cncc(N2CCCCC2CCC)n1. The first kappa shape index (κ1) is 14.1. The molecule has 0 aliphatic carbocycles. The number of anilines is 2. The first-order valence-electron chi connectivity index (χ1n) is 7.67. The van der Waals surface area contributed by atoms with E-state index in [4.69, 9.17) is 4.98 Å². The second-order valence-electron chi connectivity index (χ2n) is 5.32. The van der Waals surface area contributed by atoms with Crippen LogP contribution >= 0.6 is 0 Å². The highest BCUT2D eigenvalue weighted by atomic mass is 15.2. The normalized spacial score (nSPS) is 19.5. The molecule has 1 aliphatic rings. The van der Waals surface area contributed by atoms with Crippen molar-refractivity contribution in [1.82, 2.24) is 9.97 Å². The van der Waals surface area contributed by atoms with Gasteiger partial charge in [-0.05, 0) is 32.1 Å². The Morgan fingerprint density at radius 1 is 1.26 bits per heavy atom. The third-order valence-corrected chi connectivity index (χ3v) is 3.72. The second kappa shape index (κ2) is 7.31. The maximum absolute atomic E-state index is 4.72. The molecular formula is C15H26N4. The number of nitrogens with one attached hydrogen (secondary N) is 1. The van der Waals surface area contributed by atoms with Crippen molar-refractivity contribution in [3.8, 4) is 0 Å². The van der Waals surface area contributed by atoms with Crippen molar-refractivity contribution in [2.45, 2.75) is 58.4 Å². The third kappa shape index (κ3) is 3.82. The van der Waals surface area contributed by atoms with Crippen LogP contribution in [0.25, 0.3) is 0 Å². The molecule has 19 heavy (non-hydrogen) atoms. The molecule has 2 heterocycles. The fraction of sp³-hybridized carbons (Fsp3) is 0.733. The Morgan fingerprint density at radius 2 is 2.16 bits per heavy atom. The van der Waals surface area contributed by atoms with Gasteiger partial charge in [-0.2, -0.15) is 0 Å². The van der Waals surface area contributed by atoms with Crippen LogP contribution in [-0.4, -0.2) is 29.1 Å². The van der Waals surface area contributed by atoms with Gasteiger partial charge in [0.15, 0.2) is 0 Å². The van der Waals surface area contributed by atoms with Crippen molar-refractivity contribution in [3.63, 3.8) is 0 Å². The van der Waals surface area contributed by atoms with Crippen LogP contribution in [0.3, 0.4) is 0 Å². The van der Waals surface area contributed by atoms with E-state index in [9.17, 15) is 0 Å². The highest BCUT2D eigenvalue weighted by molar-refractivity contribution is 5.45. The molecule has 106 valence electrons. The zero-order valence-corrected chi connectivity index (χ0v) is 12.2. The summed E-state index contributed by atoms with van der Waals surface area (Å²) in [4.78, 5) is 11.5. The summed E-state index contributed by atoms with van der Waals surface area (Å²) in [7, 11) is 0. The van der Waals surface area contributed by atoms with Crippen molar-refractivity contribution in [2.24, 2.45) is 0 Å². The van der Waals surface area contributed by atoms with Gasteiger partial charge in [-0.1, -0.05) is 20.3 Å². The van der Waals surface area contributed by atoms with Gasteiger partial charge in [-0.15, -0.1) is 0 Å². The maximum atomic E-state index is 4.72. The summed E-state index contributed by atoms with van der Waals surface area (Å²) < 4.78 is 0. The number of nitrogens with zero attached hydrogens (tertiary/aromatic N) is 3. The quantitative estimate of drug-likeness (QED) is 0.852. The number of rotatable bonds is 6. The molecule has 2 rings (SSSR count). The van der Waals surface area contributed by atoms with Gasteiger partial charge in [0.1, 0.15) is 11.6 Å². The molecule has 1 saturated heterocycles. The zero-order chi connectivity index (χ0) is 13.5. The molecule has 1 atom stereocenters. The van der Waals surface area contributed by atoms with E-state index in [1.807, 2.05) is 12.4 Å². The lowest BCUT2D eigenvalue weighted by molar-refractivity contribution is 0.431. The van der Waals surface area contributed by atoms with Gasteiger partial charge in [-0.3, -0.25) is 4.98 Å². The van der Waals surface area contributed by atoms with Gasteiger partial charge in [0.25, 0.3) is 0 Å². The molecule has 0 amide bonds. The Bertz CT molecular complexity index is 378. The van der Waals surface area contributed by atoms with E-state index in [1.165, 1.54) is 32.1 Å². The van der Waals surface area contributed by atoms with Crippen LogP contribution in [0.1, 0.15) is 52.4 Å². The molecule has 1 aromatic rings. The van der Waals surface area contributed by atoms with Crippen molar-refractivity contribution < 1.29 is 0 Å². The van der Waals surface area contributed by atoms with E-state index in [0.717, 1.165) is 31.1 Å². The molecule has 0 aromatic carbocycles. The molecule has 4 heteroatoms. The molecule has 0 bridgehead atoms. The highest BCUT2D eigenvalue weighted by Gasteiger charge is 2.23. The standard InChI is InChI=1S/C15H26N4/c1-3-7-13-8-5-6-10-19(13)15-12-16-11-14(18-15)17-9-4-2/h11-13H,3-10H2,1-2H3,(H,17,18). The van der Waals surface area contributed by atoms with Gasteiger partial charge in [0.05, 0.1) is 12.4 Å². The third-order valence-electron chi connectivity index (χ3n) is 3.72. The predicted octanol–water partition coefficient (Wildman–Crippen LogP) is 3.46. The summed E-state index contributed by atoms with van der Waals surface area (Å²) >= 11 is 0. The van der Waals surface area contributed by atoms with E-state index in [-0.39, 0.29) is 0 Å². The molecule has 4 nitrogen and oxygen atoms in total. The van der Waals surface area contributed by atoms with Crippen LogP contribution in [0.4, 0.5) is 11.6 Å². The lowest BCUT2D eigenvalue weighted by Gasteiger charge is -2.36. The largest absolute Gasteiger partial charge is 0.369 e. The molecule has 1 aliphatic heterocycles. The predicted molar refractivity (Wildman–Crippen MR) is 80.7 cm³/mol. The summed E-state index contributed by atoms with van der Waals surface area (Å²) in [5.74, 6) is 1.94. The fourth-order valence-electron chi connectivity index (χ4n) is 2.77. The van der Waals surface area contributed by atoms with Crippen LogP contribution in [0.15, 0.2) is 12.4 Å². The zero-order valence-electron chi connectivity index (χ0n) is 12.2. The Hall–Kier alpha value is -1.32. The summed E-state index contributed by atoms with van der Waals surface area (Å²) in [5.41, 5.74) is 0. The number of piperidine rings is 1. The average molecular weight is 262 g/mol. The molecule has 0 spiro atoms. The maximum Gasteiger partial charge on any atom is 0.149 e. The lowest BCUT2D eigenvalue weighted by Crippen LogP contribution is -2.40. The molecular weight excluding hydrogens is 236 g/mol. The van der Waals surface area contributed by atoms with Crippen molar-refractivity contribution in [1.29, 1.82) is 0 Å². The minimum absolute atomic E-state index is 0.648. The minimum atomic E-state index is 0.648. The Kier molecular flexibility index (Phi) is 5.43. The van der Waals surface area contributed by atoms with Crippen LogP contribution in [0, 0.1) is 0 Å². The van der Waals surface area contributed by atoms with Crippen LogP contribution in [-0.2, 0) is 0 Å². The van der Waals surface area contributed by atoms with E-state index in [2.05, 4.69) is 29.0 Å². The van der Waals surface area contributed by atoms with E-state index in [0.29, 0.717) is 6.04 Å². The number of aromatic nitrogens is 2. The summed E-state index contributed by atoms with van der Waals surface area (Å²) in [6, 6.07) is 0.648. The smallest absolute Gasteiger partial charge is 0.149 e. The molecule has 1 N–H and O–H groups in total. The van der Waals surface area contributed by atoms with Crippen LogP contribution in [0.5, 0.6) is 0 Å². The van der Waals surface area contributed by atoms with Crippen molar-refractivity contribution in [2.75, 3.05) is 23.3 Å². The highest BCUT2D eigenvalue weighted by Crippen LogP contribution is 2.26. The van der Waals surface area contributed by atoms with Gasteiger partial charge < -0.3 is 10.2 Å². The van der Waals surface area contributed by atoms with Crippen molar-refractivity contribution in [3.05, 3.63) is 12.4 Å². The molecule has 0 radical (unpaired) electrons. The molecule has 1 unspecified atom stereocenters. The molecule has 0 saturated carbocycles. The monoisotopic (exact) mass is 262 g/mol. The minimum Gasteiger partial charge on any atom is -0.369 e. The first-order valence-corrected chi connectivity index (χ1v) is 7.67. The first-order chi connectivity index (χ1) is 9.35. The summed E-state index contributed by atoms with van der Waals surface area (Å²) in [6.45, 7) is 6.50. The van der Waals surface area contributed by atoms with Gasteiger partial charge >= 0.3 is 0 Å². The van der Waals surface area contributed by atoms with Gasteiger partial charge in [0, 0.05) is 19.1 Å². The van der Waals surface area contributed by atoms with Crippen LogP contribution in [0.2, 0.25) is 0 Å². The Morgan fingerprint density at radius 3 is 2.95 bits per heavy atom.